The lowest BCUT2D eigenvalue weighted by molar-refractivity contribution is -0.104. The molecule has 1 saturated heterocycles. The zero-order chi connectivity index (χ0) is 14.2. The van der Waals surface area contributed by atoms with Gasteiger partial charge in [0.15, 0.2) is 0 Å². The molecule has 20 heavy (non-hydrogen) atoms. The normalized spacial score (nSPS) is 28.4. The smallest absolute Gasteiger partial charge is 0.0686 e. The molecule has 1 aliphatic carbocycles. The van der Waals surface area contributed by atoms with Crippen LogP contribution in [0.25, 0.3) is 0 Å². The number of hydrogen-bond acceptors (Lipinski definition) is 2. The Hall–Kier alpha value is -0.570. The van der Waals surface area contributed by atoms with Crippen molar-refractivity contribution in [2.75, 3.05) is 6.61 Å². The summed E-state index contributed by atoms with van der Waals surface area (Å²) in [5, 5.41) is 0.767. The molecule has 2 atom stereocenters. The van der Waals surface area contributed by atoms with E-state index in [1.165, 1.54) is 31.2 Å². The average Bonchev–Trinajstić information content (AvgIpc) is 2.87. The van der Waals surface area contributed by atoms with Gasteiger partial charge in [0, 0.05) is 17.2 Å². The summed E-state index contributed by atoms with van der Waals surface area (Å²) >= 11 is 5.99. The molecule has 110 valence electrons. The molecule has 3 heteroatoms. The van der Waals surface area contributed by atoms with Gasteiger partial charge < -0.3 is 10.5 Å². The highest BCUT2D eigenvalue weighted by atomic mass is 35.5. The Labute approximate surface area is 126 Å². The van der Waals surface area contributed by atoms with Crippen molar-refractivity contribution in [3.05, 3.63) is 34.9 Å². The summed E-state index contributed by atoms with van der Waals surface area (Å²) < 4.78 is 6.13. The Morgan fingerprint density at radius 1 is 1.25 bits per heavy atom. The van der Waals surface area contributed by atoms with E-state index in [0.717, 1.165) is 24.5 Å². The molecule has 3 rings (SSSR count). The second kappa shape index (κ2) is 5.32. The second-order valence-corrected chi connectivity index (χ2v) is 7.15. The maximum absolute atomic E-state index is 6.72. The molecule has 1 aromatic rings. The van der Waals surface area contributed by atoms with Gasteiger partial charge in [0.25, 0.3) is 0 Å². The molecule has 2 N–H and O–H groups in total. The third kappa shape index (κ3) is 2.61. The molecule has 0 bridgehead atoms. The molecule has 1 saturated carbocycles. The van der Waals surface area contributed by atoms with Gasteiger partial charge >= 0.3 is 0 Å². The van der Waals surface area contributed by atoms with E-state index in [2.05, 4.69) is 19.1 Å². The lowest BCUT2D eigenvalue weighted by Gasteiger charge is -2.45. The molecule has 1 aromatic carbocycles. The van der Waals surface area contributed by atoms with Crippen molar-refractivity contribution in [1.82, 2.24) is 0 Å². The average molecular weight is 294 g/mol. The Bertz CT molecular complexity index is 462. The predicted molar refractivity (Wildman–Crippen MR) is 82.9 cm³/mol. The quantitative estimate of drug-likeness (QED) is 0.884. The Morgan fingerprint density at radius 3 is 2.55 bits per heavy atom. The van der Waals surface area contributed by atoms with Crippen LogP contribution in [0.1, 0.15) is 51.0 Å². The zero-order valence-corrected chi connectivity index (χ0v) is 13.0. The maximum Gasteiger partial charge on any atom is 0.0686 e. The lowest BCUT2D eigenvalue weighted by atomic mass is 9.71. The number of hydrogen-bond donors (Lipinski definition) is 1. The standard InChI is InChI=1S/C17H24ClNO/c1-16(19,13-4-6-15(18)7-5-13)14-8-11-20-17(12-14)9-2-3-10-17/h4-7,14H,2-3,8-12,19H2,1H3. The van der Waals surface area contributed by atoms with E-state index in [9.17, 15) is 0 Å². The van der Waals surface area contributed by atoms with Crippen LogP contribution >= 0.6 is 11.6 Å². The Kier molecular flexibility index (Phi) is 3.83. The van der Waals surface area contributed by atoms with Gasteiger partial charge in [-0.25, -0.2) is 0 Å². The SMILES string of the molecule is CC(N)(c1ccc(Cl)cc1)C1CCOC2(CCCC2)C1. The van der Waals surface area contributed by atoms with E-state index in [0.29, 0.717) is 5.92 Å². The molecule has 2 nitrogen and oxygen atoms in total. The van der Waals surface area contributed by atoms with Crippen molar-refractivity contribution in [3.63, 3.8) is 0 Å². The summed E-state index contributed by atoms with van der Waals surface area (Å²) in [6, 6.07) is 8.01. The fraction of sp³-hybridized carbons (Fsp3) is 0.647. The van der Waals surface area contributed by atoms with E-state index >= 15 is 0 Å². The lowest BCUT2D eigenvalue weighted by Crippen LogP contribution is -2.49. The Balaban J connectivity index is 1.81. The van der Waals surface area contributed by atoms with Crippen LogP contribution in [0.4, 0.5) is 0 Å². The molecule has 2 unspecified atom stereocenters. The van der Waals surface area contributed by atoms with Crippen molar-refractivity contribution >= 4 is 11.6 Å². The minimum Gasteiger partial charge on any atom is -0.375 e. The first kappa shape index (κ1) is 14.4. The van der Waals surface area contributed by atoms with Crippen molar-refractivity contribution in [1.29, 1.82) is 0 Å². The molecular weight excluding hydrogens is 270 g/mol. The number of rotatable bonds is 2. The van der Waals surface area contributed by atoms with Crippen molar-refractivity contribution in [2.24, 2.45) is 11.7 Å². The molecule has 2 fully saturated rings. The summed E-state index contributed by atoms with van der Waals surface area (Å²) in [6.07, 6.45) is 7.17. The van der Waals surface area contributed by atoms with Crippen LogP contribution in [-0.4, -0.2) is 12.2 Å². The number of halogens is 1. The van der Waals surface area contributed by atoms with Gasteiger partial charge in [0.2, 0.25) is 0 Å². The molecule has 0 aromatic heterocycles. The highest BCUT2D eigenvalue weighted by Crippen LogP contribution is 2.46. The third-order valence-corrected chi connectivity index (χ3v) is 5.57. The minimum atomic E-state index is -0.302. The molecular formula is C17H24ClNO. The highest BCUT2D eigenvalue weighted by Gasteiger charge is 2.45. The third-order valence-electron chi connectivity index (χ3n) is 5.32. The van der Waals surface area contributed by atoms with Crippen molar-refractivity contribution < 1.29 is 4.74 Å². The van der Waals surface area contributed by atoms with Crippen LogP contribution in [0.15, 0.2) is 24.3 Å². The molecule has 0 amide bonds. The van der Waals surface area contributed by atoms with Gasteiger partial charge in [0.1, 0.15) is 0 Å². The van der Waals surface area contributed by atoms with Gasteiger partial charge in [0.05, 0.1) is 5.60 Å². The maximum atomic E-state index is 6.72. The van der Waals surface area contributed by atoms with E-state index in [1.807, 2.05) is 12.1 Å². The first-order valence-electron chi connectivity index (χ1n) is 7.71. The summed E-state index contributed by atoms with van der Waals surface area (Å²) in [4.78, 5) is 0. The Morgan fingerprint density at radius 2 is 1.90 bits per heavy atom. The molecule has 1 aliphatic heterocycles. The zero-order valence-electron chi connectivity index (χ0n) is 12.2. The van der Waals surface area contributed by atoms with E-state index < -0.39 is 0 Å². The summed E-state index contributed by atoms with van der Waals surface area (Å²) in [5.74, 6) is 0.482. The van der Waals surface area contributed by atoms with E-state index in [-0.39, 0.29) is 11.1 Å². The largest absolute Gasteiger partial charge is 0.375 e. The van der Waals surface area contributed by atoms with Gasteiger partial charge in [-0.2, -0.15) is 0 Å². The van der Waals surface area contributed by atoms with Gasteiger partial charge in [-0.1, -0.05) is 36.6 Å². The first-order valence-corrected chi connectivity index (χ1v) is 8.09. The summed E-state index contributed by atoms with van der Waals surface area (Å²) in [6.45, 7) is 3.01. The second-order valence-electron chi connectivity index (χ2n) is 6.72. The van der Waals surface area contributed by atoms with Gasteiger partial charge in [-0.3, -0.25) is 0 Å². The van der Waals surface area contributed by atoms with Crippen LogP contribution in [0.3, 0.4) is 0 Å². The van der Waals surface area contributed by atoms with Crippen LogP contribution in [0, 0.1) is 5.92 Å². The molecule has 2 aliphatic rings. The van der Waals surface area contributed by atoms with Crippen molar-refractivity contribution in [3.8, 4) is 0 Å². The van der Waals surface area contributed by atoms with E-state index in [4.69, 9.17) is 22.1 Å². The number of nitrogens with two attached hydrogens (primary N) is 1. The molecule has 0 radical (unpaired) electrons. The van der Waals surface area contributed by atoms with Crippen LogP contribution in [-0.2, 0) is 10.3 Å². The number of benzene rings is 1. The number of ether oxygens (including phenoxy) is 1. The summed E-state index contributed by atoms with van der Waals surface area (Å²) in [7, 11) is 0. The van der Waals surface area contributed by atoms with Crippen LogP contribution in [0.5, 0.6) is 0 Å². The monoisotopic (exact) mass is 293 g/mol. The van der Waals surface area contributed by atoms with Gasteiger partial charge in [-0.05, 0) is 56.2 Å². The molecule has 1 spiro atoms. The minimum absolute atomic E-state index is 0.121. The fourth-order valence-electron chi connectivity index (χ4n) is 3.95. The highest BCUT2D eigenvalue weighted by molar-refractivity contribution is 6.30. The van der Waals surface area contributed by atoms with Crippen LogP contribution < -0.4 is 5.73 Å². The first-order chi connectivity index (χ1) is 9.52. The summed E-state index contributed by atoms with van der Waals surface area (Å²) in [5.41, 5.74) is 7.72. The van der Waals surface area contributed by atoms with E-state index in [1.54, 1.807) is 0 Å². The predicted octanol–water partition coefficient (Wildman–Crippen LogP) is 4.25. The molecule has 1 heterocycles. The van der Waals surface area contributed by atoms with Gasteiger partial charge in [-0.15, -0.1) is 0 Å². The van der Waals surface area contributed by atoms with Crippen LogP contribution in [0.2, 0.25) is 5.02 Å². The topological polar surface area (TPSA) is 35.2 Å². The van der Waals surface area contributed by atoms with Crippen molar-refractivity contribution in [2.45, 2.75) is 56.6 Å². The fourth-order valence-corrected chi connectivity index (χ4v) is 4.08.